The van der Waals surface area contributed by atoms with Crippen LogP contribution in [0.25, 0.3) is 0 Å². The summed E-state index contributed by atoms with van der Waals surface area (Å²) in [5.41, 5.74) is 2.52. The number of anilines is 2. The highest BCUT2D eigenvalue weighted by Crippen LogP contribution is 2.26. The molecule has 0 aliphatic carbocycles. The molecule has 2 aromatic rings. The number of carbonyl (C=O) groups excluding carboxylic acids is 4. The van der Waals surface area contributed by atoms with Crippen LogP contribution in [0.3, 0.4) is 0 Å². The van der Waals surface area contributed by atoms with E-state index in [9.17, 15) is 19.2 Å². The summed E-state index contributed by atoms with van der Waals surface area (Å²) < 4.78 is 11.2. The number of carbonyl (C=O) groups is 4. The lowest BCUT2D eigenvalue weighted by molar-refractivity contribution is -0.151. The summed E-state index contributed by atoms with van der Waals surface area (Å²) in [6, 6.07) is 11.8. The first-order valence-corrected chi connectivity index (χ1v) is 11.4. The van der Waals surface area contributed by atoms with Crippen molar-refractivity contribution in [3.63, 3.8) is 0 Å². The first kappa shape index (κ1) is 24.4. The molecule has 1 aliphatic rings. The topological polar surface area (TPSA) is 102 Å². The van der Waals surface area contributed by atoms with Gasteiger partial charge >= 0.3 is 11.9 Å². The number of amides is 2. The van der Waals surface area contributed by atoms with E-state index in [0.717, 1.165) is 16.5 Å². The molecule has 9 heteroatoms. The molecule has 2 amide bonds. The van der Waals surface area contributed by atoms with Gasteiger partial charge in [0.05, 0.1) is 18.1 Å². The van der Waals surface area contributed by atoms with Crippen molar-refractivity contribution in [2.45, 2.75) is 26.7 Å². The second kappa shape index (κ2) is 11.1. The molecular formula is C24H25BrN2O6. The van der Waals surface area contributed by atoms with Crippen LogP contribution in [0.1, 0.15) is 35.7 Å². The van der Waals surface area contributed by atoms with Gasteiger partial charge in [0.15, 0.2) is 6.61 Å². The van der Waals surface area contributed by atoms with Gasteiger partial charge in [0, 0.05) is 28.8 Å². The van der Waals surface area contributed by atoms with Crippen molar-refractivity contribution in [3.05, 3.63) is 58.1 Å². The Bertz CT molecular complexity index is 1050. The Balaban J connectivity index is 1.51. The molecule has 1 aliphatic heterocycles. The Morgan fingerprint density at radius 2 is 1.85 bits per heavy atom. The van der Waals surface area contributed by atoms with Crippen LogP contribution in [-0.4, -0.2) is 43.5 Å². The van der Waals surface area contributed by atoms with E-state index in [1.54, 1.807) is 36.4 Å². The van der Waals surface area contributed by atoms with Gasteiger partial charge in [-0.15, -0.1) is 0 Å². The zero-order valence-electron chi connectivity index (χ0n) is 18.4. The van der Waals surface area contributed by atoms with Crippen LogP contribution < -0.4 is 10.2 Å². The fraction of sp³-hybridized carbons (Fsp3) is 0.333. The second-order valence-corrected chi connectivity index (χ2v) is 8.56. The number of esters is 2. The Morgan fingerprint density at radius 1 is 1.12 bits per heavy atom. The van der Waals surface area contributed by atoms with Gasteiger partial charge in [-0.05, 0) is 61.4 Å². The highest BCUT2D eigenvalue weighted by atomic mass is 79.9. The van der Waals surface area contributed by atoms with Crippen LogP contribution in [0.4, 0.5) is 11.4 Å². The third-order valence-electron chi connectivity index (χ3n) is 5.10. The maximum atomic E-state index is 12.4. The molecule has 0 unspecified atom stereocenters. The molecule has 1 N–H and O–H groups in total. The summed E-state index contributed by atoms with van der Waals surface area (Å²) in [6.45, 7) is 3.86. The number of benzene rings is 2. The summed E-state index contributed by atoms with van der Waals surface area (Å²) in [5, 5.41) is 2.67. The minimum Gasteiger partial charge on any atom is -0.462 e. The molecule has 0 radical (unpaired) electrons. The molecular weight excluding hydrogens is 492 g/mol. The Morgan fingerprint density at radius 3 is 2.52 bits per heavy atom. The van der Waals surface area contributed by atoms with Crippen molar-refractivity contribution >= 4 is 51.1 Å². The predicted octanol–water partition coefficient (Wildman–Crippen LogP) is 3.86. The average Bonchev–Trinajstić information content (AvgIpc) is 3.20. The highest BCUT2D eigenvalue weighted by Gasteiger charge is 2.36. The van der Waals surface area contributed by atoms with Gasteiger partial charge in [-0.1, -0.05) is 22.9 Å². The quantitative estimate of drug-likeness (QED) is 0.534. The van der Waals surface area contributed by atoms with Gasteiger partial charge < -0.3 is 19.7 Å². The molecule has 0 aromatic heterocycles. The molecule has 2 aromatic carbocycles. The fourth-order valence-corrected chi connectivity index (χ4v) is 3.59. The molecule has 174 valence electrons. The molecule has 0 spiro atoms. The van der Waals surface area contributed by atoms with Gasteiger partial charge in [0.2, 0.25) is 5.91 Å². The predicted molar refractivity (Wildman–Crippen MR) is 126 cm³/mol. The zero-order valence-corrected chi connectivity index (χ0v) is 20.0. The number of rotatable bonds is 8. The number of ether oxygens (including phenoxy) is 2. The molecule has 8 nitrogen and oxygen atoms in total. The molecule has 0 saturated carbocycles. The van der Waals surface area contributed by atoms with Gasteiger partial charge in [-0.3, -0.25) is 14.4 Å². The minimum atomic E-state index is -0.672. The maximum Gasteiger partial charge on any atom is 0.338 e. The number of hydrogen-bond acceptors (Lipinski definition) is 6. The molecule has 1 fully saturated rings. The van der Waals surface area contributed by atoms with Crippen molar-refractivity contribution in [1.82, 2.24) is 0 Å². The SMILES string of the molecule is CCCOC(=O)c1ccc(N2C[C@H](C(=O)OCC(=O)Nc3ccc(Br)c(C)c3)CC2=O)cc1. The standard InChI is InChI=1S/C24H25BrN2O6/c1-3-10-32-23(30)16-4-7-19(8-5-16)27-13-17(12-22(27)29)24(31)33-14-21(28)26-18-6-9-20(25)15(2)11-18/h4-9,11,17H,3,10,12-14H2,1-2H3,(H,26,28)/t17-/m1/s1. The van der Waals surface area contributed by atoms with Crippen molar-refractivity contribution in [3.8, 4) is 0 Å². The van der Waals surface area contributed by atoms with E-state index >= 15 is 0 Å². The Labute approximate surface area is 200 Å². The van der Waals surface area contributed by atoms with Crippen LogP contribution in [0.15, 0.2) is 46.9 Å². The van der Waals surface area contributed by atoms with Crippen LogP contribution >= 0.6 is 15.9 Å². The number of nitrogens with zero attached hydrogens (tertiary/aromatic N) is 1. The third-order valence-corrected chi connectivity index (χ3v) is 5.99. The Kier molecular flexibility index (Phi) is 8.21. The van der Waals surface area contributed by atoms with Gasteiger partial charge in [-0.25, -0.2) is 4.79 Å². The first-order chi connectivity index (χ1) is 15.8. The third kappa shape index (κ3) is 6.41. The van der Waals surface area contributed by atoms with Crippen molar-refractivity contribution in [2.75, 3.05) is 30.0 Å². The molecule has 33 heavy (non-hydrogen) atoms. The normalized spacial score (nSPS) is 15.3. The van der Waals surface area contributed by atoms with Crippen LogP contribution in [0, 0.1) is 12.8 Å². The monoisotopic (exact) mass is 516 g/mol. The number of halogens is 1. The summed E-state index contributed by atoms with van der Waals surface area (Å²) in [5.74, 6) is -2.39. The van der Waals surface area contributed by atoms with E-state index in [-0.39, 0.29) is 18.9 Å². The van der Waals surface area contributed by atoms with Gasteiger partial charge in [0.25, 0.3) is 5.91 Å². The van der Waals surface area contributed by atoms with E-state index in [0.29, 0.717) is 23.5 Å². The van der Waals surface area contributed by atoms with E-state index in [2.05, 4.69) is 21.2 Å². The highest BCUT2D eigenvalue weighted by molar-refractivity contribution is 9.10. The number of nitrogens with one attached hydrogen (secondary N) is 1. The zero-order chi connectivity index (χ0) is 24.0. The molecule has 3 rings (SSSR count). The molecule has 0 bridgehead atoms. The average molecular weight is 517 g/mol. The smallest absolute Gasteiger partial charge is 0.338 e. The first-order valence-electron chi connectivity index (χ1n) is 10.6. The lowest BCUT2D eigenvalue weighted by Gasteiger charge is -2.17. The summed E-state index contributed by atoms with van der Waals surface area (Å²) >= 11 is 3.39. The molecule has 1 heterocycles. The van der Waals surface area contributed by atoms with E-state index in [4.69, 9.17) is 9.47 Å². The maximum absolute atomic E-state index is 12.4. The number of hydrogen-bond donors (Lipinski definition) is 1. The van der Waals surface area contributed by atoms with E-state index < -0.39 is 30.4 Å². The summed E-state index contributed by atoms with van der Waals surface area (Å²) in [6.07, 6.45) is 0.724. The number of aryl methyl sites for hydroxylation is 1. The lowest BCUT2D eigenvalue weighted by Crippen LogP contribution is -2.28. The Hall–Kier alpha value is -3.20. The minimum absolute atomic E-state index is 0.00729. The molecule has 1 atom stereocenters. The lowest BCUT2D eigenvalue weighted by atomic mass is 10.1. The van der Waals surface area contributed by atoms with Gasteiger partial charge in [0.1, 0.15) is 0 Å². The van der Waals surface area contributed by atoms with Crippen LogP contribution in [0.2, 0.25) is 0 Å². The van der Waals surface area contributed by atoms with E-state index in [1.807, 2.05) is 19.9 Å². The second-order valence-electron chi connectivity index (χ2n) is 7.71. The molecule has 1 saturated heterocycles. The fourth-order valence-electron chi connectivity index (χ4n) is 3.34. The van der Waals surface area contributed by atoms with Gasteiger partial charge in [-0.2, -0.15) is 0 Å². The van der Waals surface area contributed by atoms with Crippen molar-refractivity contribution in [2.24, 2.45) is 5.92 Å². The van der Waals surface area contributed by atoms with Crippen molar-refractivity contribution in [1.29, 1.82) is 0 Å². The largest absolute Gasteiger partial charge is 0.462 e. The van der Waals surface area contributed by atoms with Crippen molar-refractivity contribution < 1.29 is 28.7 Å². The summed E-state index contributed by atoms with van der Waals surface area (Å²) in [7, 11) is 0. The van der Waals surface area contributed by atoms with Crippen LogP contribution in [0.5, 0.6) is 0 Å². The summed E-state index contributed by atoms with van der Waals surface area (Å²) in [4.78, 5) is 50.4. The van der Waals surface area contributed by atoms with E-state index in [1.165, 1.54) is 4.90 Å². The van der Waals surface area contributed by atoms with Crippen LogP contribution in [-0.2, 0) is 23.9 Å².